The number of phosphoric ester groups is 1. The van der Waals surface area contributed by atoms with Crippen LogP contribution in [0.5, 0.6) is 11.5 Å². The van der Waals surface area contributed by atoms with E-state index in [0.29, 0.717) is 11.5 Å². The van der Waals surface area contributed by atoms with Crippen LogP contribution >= 0.6 is 7.82 Å². The Bertz CT molecular complexity index is 487. The minimum Gasteiger partial charge on any atom is -0.404 e. The van der Waals surface area contributed by atoms with E-state index >= 15 is 0 Å². The zero-order valence-corrected chi connectivity index (χ0v) is 12.7. The Hall–Kier alpha value is -1.24. The molecule has 0 bridgehead atoms. The first-order valence-corrected chi connectivity index (χ1v) is 7.65. The maximum absolute atomic E-state index is 12.3. The zero-order chi connectivity index (χ0) is 12.8. The van der Waals surface area contributed by atoms with Crippen LogP contribution in [0.3, 0.4) is 0 Å². The predicted octanol–water partition coefficient (Wildman–Crippen LogP) is 2.82. The molecule has 2 aromatic carbocycles. The predicted molar refractivity (Wildman–Crippen MR) is 71.4 cm³/mol. The number of rotatable bonds is 5. The molecule has 0 amide bonds. The summed E-state index contributed by atoms with van der Waals surface area (Å²) in [5.74, 6) is 0.903. The zero-order valence-electron chi connectivity index (χ0n) is 9.85. The average molecular weight is 278 g/mol. The summed E-state index contributed by atoms with van der Waals surface area (Å²) in [4.78, 5) is 0. The number of hydrogen-bond donors (Lipinski definition) is 0. The van der Waals surface area contributed by atoms with Gasteiger partial charge in [-0.3, -0.25) is 0 Å². The molecule has 0 unspecified atom stereocenters. The fourth-order valence-electron chi connectivity index (χ4n) is 1.31. The highest BCUT2D eigenvalue weighted by Crippen LogP contribution is 2.48. The van der Waals surface area contributed by atoms with E-state index in [9.17, 15) is 4.57 Å². The molecule has 0 spiro atoms. The van der Waals surface area contributed by atoms with Crippen LogP contribution in [-0.4, -0.2) is 16.6 Å². The van der Waals surface area contributed by atoms with E-state index in [1.165, 1.54) is 0 Å². The average Bonchev–Trinajstić information content (AvgIpc) is 2.41. The van der Waals surface area contributed by atoms with Crippen molar-refractivity contribution in [1.29, 1.82) is 0 Å². The summed E-state index contributed by atoms with van der Waals surface area (Å²) >= 11 is 0.255. The molecule has 0 atom stereocenters. The smallest absolute Gasteiger partial charge is 0.404 e. The van der Waals surface area contributed by atoms with Crippen molar-refractivity contribution in [3.63, 3.8) is 0 Å². The van der Waals surface area contributed by atoms with Gasteiger partial charge in [0.15, 0.2) is 0 Å². The van der Waals surface area contributed by atoms with Gasteiger partial charge in [0.1, 0.15) is 11.5 Å². The van der Waals surface area contributed by atoms with E-state index in [1.54, 1.807) is 48.5 Å². The van der Waals surface area contributed by atoms with Crippen LogP contribution in [0.15, 0.2) is 60.7 Å². The number of benzene rings is 2. The monoisotopic (exact) mass is 278 g/mol. The van der Waals surface area contributed by atoms with Gasteiger partial charge in [0.25, 0.3) is 0 Å². The maximum atomic E-state index is 12.3. The van der Waals surface area contributed by atoms with Crippen molar-refractivity contribution < 1.29 is 17.2 Å². The Morgan fingerprint density at radius 2 is 1.17 bits per heavy atom. The van der Waals surface area contributed by atoms with E-state index in [2.05, 4.69) is 0 Å². The van der Waals surface area contributed by atoms with Gasteiger partial charge >= 0.3 is 24.4 Å². The van der Waals surface area contributed by atoms with Gasteiger partial charge in [-0.1, -0.05) is 36.4 Å². The van der Waals surface area contributed by atoms with E-state index in [1.807, 2.05) is 12.1 Å². The molecule has 2 rings (SSSR count). The van der Waals surface area contributed by atoms with Crippen molar-refractivity contribution >= 4 is 24.4 Å². The molecule has 0 saturated carbocycles. The first kappa shape index (κ1) is 13.2. The van der Waals surface area contributed by atoms with Crippen LogP contribution < -0.4 is 9.05 Å². The SMILES string of the molecule is O=P([O][AlH2])(Oc1ccccc1)Oc1ccccc1. The van der Waals surface area contributed by atoms with Gasteiger partial charge in [0.2, 0.25) is 0 Å². The molecule has 18 heavy (non-hydrogen) atoms. The second-order valence-electron chi connectivity index (χ2n) is 3.44. The number of phosphoric acid groups is 1. The summed E-state index contributed by atoms with van der Waals surface area (Å²) in [5, 5.41) is 0. The first-order valence-electron chi connectivity index (χ1n) is 5.37. The Morgan fingerprint density at radius 1 is 0.778 bits per heavy atom. The van der Waals surface area contributed by atoms with E-state index in [-0.39, 0.29) is 16.6 Å². The summed E-state index contributed by atoms with van der Waals surface area (Å²) in [6, 6.07) is 17.6. The molecule has 0 aliphatic heterocycles. The second-order valence-corrected chi connectivity index (χ2v) is 6.16. The highest BCUT2D eigenvalue weighted by Gasteiger charge is 2.27. The van der Waals surface area contributed by atoms with E-state index < -0.39 is 7.82 Å². The standard InChI is InChI=1S/C12H11O4P.Al.2H/c13-17(14,15-11-7-3-1-4-8-11)16-12-9-5-2-6-10-12;;;/h1-10H,(H,13,14);;;/q;+1;;/p-1. The molecule has 0 fully saturated rings. The normalized spacial score (nSPS) is 10.9. The van der Waals surface area contributed by atoms with Gasteiger partial charge in [-0.2, -0.15) is 0 Å². The van der Waals surface area contributed by atoms with Crippen molar-refractivity contribution in [3.8, 4) is 11.5 Å². The van der Waals surface area contributed by atoms with Crippen molar-refractivity contribution in [1.82, 2.24) is 0 Å². The third kappa shape index (κ3) is 3.63. The van der Waals surface area contributed by atoms with Gasteiger partial charge in [0, 0.05) is 0 Å². The van der Waals surface area contributed by atoms with Crippen molar-refractivity contribution in [2.24, 2.45) is 0 Å². The van der Waals surface area contributed by atoms with Crippen molar-refractivity contribution in [2.45, 2.75) is 0 Å². The molecule has 92 valence electrons. The fourth-order valence-corrected chi connectivity index (χ4v) is 2.71. The lowest BCUT2D eigenvalue weighted by molar-refractivity contribution is 0.307. The third-order valence-electron chi connectivity index (χ3n) is 2.14. The minimum atomic E-state index is -3.58. The first-order chi connectivity index (χ1) is 8.72. The molecule has 0 radical (unpaired) electrons. The summed E-state index contributed by atoms with van der Waals surface area (Å²) in [7, 11) is -3.58. The summed E-state index contributed by atoms with van der Waals surface area (Å²) in [6.07, 6.45) is 0. The van der Waals surface area contributed by atoms with E-state index in [0.717, 1.165) is 0 Å². The Morgan fingerprint density at radius 3 is 1.50 bits per heavy atom. The molecule has 0 saturated heterocycles. The Kier molecular flexibility index (Phi) is 4.46. The Labute approximate surface area is 114 Å². The maximum Gasteiger partial charge on any atom is 0.558 e. The molecule has 4 nitrogen and oxygen atoms in total. The summed E-state index contributed by atoms with van der Waals surface area (Å²) < 4.78 is 27.9. The molecule has 0 aliphatic carbocycles. The largest absolute Gasteiger partial charge is 0.558 e. The van der Waals surface area contributed by atoms with Gasteiger partial charge < -0.3 is 12.6 Å². The van der Waals surface area contributed by atoms with Crippen LogP contribution in [0.2, 0.25) is 0 Å². The third-order valence-corrected chi connectivity index (χ3v) is 4.80. The Balaban J connectivity index is 2.14. The molecule has 0 heterocycles. The van der Waals surface area contributed by atoms with Gasteiger partial charge in [-0.05, 0) is 24.3 Å². The van der Waals surface area contributed by atoms with Crippen LogP contribution in [0.1, 0.15) is 0 Å². The lowest BCUT2D eigenvalue weighted by atomic mass is 10.3. The molecular weight excluding hydrogens is 266 g/mol. The lowest BCUT2D eigenvalue weighted by Gasteiger charge is -2.18. The topological polar surface area (TPSA) is 44.8 Å². The van der Waals surface area contributed by atoms with E-state index in [4.69, 9.17) is 12.6 Å². The van der Waals surface area contributed by atoms with Crippen molar-refractivity contribution in [2.75, 3.05) is 0 Å². The summed E-state index contributed by atoms with van der Waals surface area (Å²) in [6.45, 7) is 0. The molecule has 2 aromatic rings. The lowest BCUT2D eigenvalue weighted by Crippen LogP contribution is -2.03. The van der Waals surface area contributed by atoms with Gasteiger partial charge in [-0.25, -0.2) is 4.57 Å². The fraction of sp³-hybridized carbons (Fsp3) is 0. The number of para-hydroxylation sites is 2. The molecule has 6 heteroatoms. The van der Waals surface area contributed by atoms with Gasteiger partial charge in [0.05, 0.1) is 0 Å². The van der Waals surface area contributed by atoms with Crippen LogP contribution in [-0.2, 0) is 8.14 Å². The minimum absolute atomic E-state index is 0.255. The molecule has 0 aromatic heterocycles. The summed E-state index contributed by atoms with van der Waals surface area (Å²) in [5.41, 5.74) is 0. The van der Waals surface area contributed by atoms with Crippen LogP contribution in [0, 0.1) is 0 Å². The molecule has 0 aliphatic rings. The molecular formula is C12H12AlO4P. The van der Waals surface area contributed by atoms with Crippen molar-refractivity contribution in [3.05, 3.63) is 60.7 Å². The highest BCUT2D eigenvalue weighted by molar-refractivity contribution is 7.50. The molecule has 0 N–H and O–H groups in total. The second kappa shape index (κ2) is 6.08. The quantitative estimate of drug-likeness (QED) is 0.623. The highest BCUT2D eigenvalue weighted by atomic mass is 31.2. The van der Waals surface area contributed by atoms with Crippen LogP contribution in [0.25, 0.3) is 0 Å². The number of hydrogen-bond acceptors (Lipinski definition) is 4. The van der Waals surface area contributed by atoms with Crippen LogP contribution in [0.4, 0.5) is 0 Å². The van der Waals surface area contributed by atoms with Gasteiger partial charge in [-0.15, -0.1) is 0 Å².